The molecule has 0 saturated carbocycles. The van der Waals surface area contributed by atoms with Crippen LogP contribution in [0.15, 0.2) is 97.5 Å². The first-order chi connectivity index (χ1) is 19.4. The highest BCUT2D eigenvalue weighted by molar-refractivity contribution is 6.30. The molecule has 198 valence electrons. The number of benzene rings is 3. The fourth-order valence-electron chi connectivity index (χ4n) is 4.43. The number of carbonyl (C=O) groups is 1. The smallest absolute Gasteiger partial charge is 0.411 e. The van der Waals surface area contributed by atoms with E-state index in [1.807, 2.05) is 41.3 Å². The van der Waals surface area contributed by atoms with Gasteiger partial charge in [-0.25, -0.2) is 14.2 Å². The molecule has 1 atom stereocenters. The van der Waals surface area contributed by atoms with Gasteiger partial charge < -0.3 is 4.74 Å². The van der Waals surface area contributed by atoms with Gasteiger partial charge in [0.1, 0.15) is 11.9 Å². The predicted molar refractivity (Wildman–Crippen MR) is 150 cm³/mol. The third-order valence-corrected chi connectivity index (χ3v) is 6.76. The van der Waals surface area contributed by atoms with Crippen LogP contribution in [0.2, 0.25) is 5.02 Å². The molecule has 2 aromatic heterocycles. The Kier molecular flexibility index (Phi) is 7.85. The summed E-state index contributed by atoms with van der Waals surface area (Å²) in [5.74, 6) is -0.294. The molecule has 0 aliphatic carbocycles. The number of halogens is 2. The quantitative estimate of drug-likeness (QED) is 0.243. The molecule has 0 radical (unpaired) electrons. The molecule has 1 amide bonds. The maximum absolute atomic E-state index is 13.6. The fourth-order valence-corrected chi connectivity index (χ4v) is 4.60. The normalized spacial score (nSPS) is 11.4. The van der Waals surface area contributed by atoms with Gasteiger partial charge in [0.25, 0.3) is 0 Å². The van der Waals surface area contributed by atoms with Gasteiger partial charge in [0.15, 0.2) is 6.20 Å². The fraction of sp³-hybridized carbons (Fsp3) is 0.0968. The van der Waals surface area contributed by atoms with Crippen molar-refractivity contribution in [3.05, 3.63) is 125 Å². The number of aromatic amines is 1. The Morgan fingerprint density at radius 1 is 1.07 bits per heavy atom. The lowest BCUT2D eigenvalue weighted by molar-refractivity contribution is -0.393. The van der Waals surface area contributed by atoms with Gasteiger partial charge in [-0.1, -0.05) is 35.9 Å². The average molecular weight is 553 g/mol. The third-order valence-electron chi connectivity index (χ3n) is 6.52. The van der Waals surface area contributed by atoms with Gasteiger partial charge in [-0.05, 0) is 59.7 Å². The van der Waals surface area contributed by atoms with Crippen molar-refractivity contribution < 1.29 is 18.9 Å². The zero-order chi connectivity index (χ0) is 28.1. The van der Waals surface area contributed by atoms with Crippen molar-refractivity contribution >= 4 is 23.4 Å². The number of aromatic nitrogens is 3. The topological polar surface area (TPSA) is 94.1 Å². The molecule has 5 rings (SSSR count). The zero-order valence-electron chi connectivity index (χ0n) is 21.4. The van der Waals surface area contributed by atoms with Crippen LogP contribution >= 0.6 is 11.6 Å². The second kappa shape index (κ2) is 11.8. The highest BCUT2D eigenvalue weighted by Gasteiger charge is 2.23. The zero-order valence-corrected chi connectivity index (χ0v) is 22.2. The number of methoxy groups -OCH3 is 1. The number of hydrogen-bond donors (Lipinski definition) is 1. The van der Waals surface area contributed by atoms with Crippen LogP contribution in [0.5, 0.6) is 0 Å². The molecule has 2 heterocycles. The van der Waals surface area contributed by atoms with Crippen LogP contribution < -0.4 is 10.3 Å². The van der Waals surface area contributed by atoms with Gasteiger partial charge in [-0.2, -0.15) is 10.4 Å². The van der Waals surface area contributed by atoms with E-state index in [0.29, 0.717) is 22.7 Å². The molecule has 0 aliphatic heterocycles. The molecule has 0 bridgehead atoms. The Bertz CT molecular complexity index is 1680. The number of ether oxygens (including phenoxy) is 1. The summed E-state index contributed by atoms with van der Waals surface area (Å²) in [4.78, 5) is 14.9. The maximum atomic E-state index is 13.6. The molecule has 3 aromatic carbocycles. The van der Waals surface area contributed by atoms with Crippen molar-refractivity contribution in [2.45, 2.75) is 12.5 Å². The number of amides is 1. The van der Waals surface area contributed by atoms with Crippen molar-refractivity contribution in [2.24, 2.45) is 0 Å². The van der Waals surface area contributed by atoms with Crippen LogP contribution in [0.1, 0.15) is 22.9 Å². The lowest BCUT2D eigenvalue weighted by atomic mass is 9.99. The Balaban J connectivity index is 1.47. The first kappa shape index (κ1) is 26.6. The second-order valence-corrected chi connectivity index (χ2v) is 9.52. The van der Waals surface area contributed by atoms with Crippen molar-refractivity contribution in [3.8, 4) is 28.3 Å². The Hall–Kier alpha value is -5.00. The van der Waals surface area contributed by atoms with Crippen LogP contribution in [0, 0.1) is 17.1 Å². The lowest BCUT2D eigenvalue weighted by Crippen LogP contribution is -2.23. The van der Waals surface area contributed by atoms with Gasteiger partial charge in [0.2, 0.25) is 5.69 Å². The number of pyridine rings is 1. The van der Waals surface area contributed by atoms with E-state index in [4.69, 9.17) is 11.6 Å². The van der Waals surface area contributed by atoms with E-state index < -0.39 is 6.09 Å². The molecule has 7 nitrogen and oxygen atoms in total. The third kappa shape index (κ3) is 6.01. The number of carbonyl (C=O) groups excluding carboxylic acids is 1. The Labute approximate surface area is 235 Å². The molecular weight excluding hydrogens is 529 g/mol. The van der Waals surface area contributed by atoms with Gasteiger partial charge in [-0.3, -0.25) is 10.00 Å². The minimum Gasteiger partial charge on any atom is -0.453 e. The lowest BCUT2D eigenvalue weighted by Gasteiger charge is -2.15. The van der Waals surface area contributed by atoms with Crippen LogP contribution in [0.4, 0.5) is 14.9 Å². The van der Waals surface area contributed by atoms with E-state index in [1.54, 1.807) is 48.7 Å². The van der Waals surface area contributed by atoms with Crippen molar-refractivity contribution in [1.82, 2.24) is 9.78 Å². The number of nitriles is 1. The highest BCUT2D eigenvalue weighted by atomic mass is 35.5. The summed E-state index contributed by atoms with van der Waals surface area (Å²) < 4.78 is 20.1. The minimum atomic E-state index is -0.536. The summed E-state index contributed by atoms with van der Waals surface area (Å²) in [7, 11) is 1.31. The molecule has 2 N–H and O–H groups in total. The standard InChI is InChI=1S/C31H23ClFN5O2/c1-40-31(39)37-27-11-5-21(6-12-27)24-18-36-38(19-24)30(14-20-2-9-26(33)10-3-20)29-13-7-23(17-35-29)28-15-25(32)8-4-22(28)16-34/h2-13,15,17-19,30H,14H2,1H3,(H,37,39)/p+1. The van der Waals surface area contributed by atoms with Crippen molar-refractivity contribution in [3.63, 3.8) is 0 Å². The summed E-state index contributed by atoms with van der Waals surface area (Å²) in [5, 5.41) is 17.4. The van der Waals surface area contributed by atoms with E-state index in [2.05, 4.69) is 26.2 Å². The summed E-state index contributed by atoms with van der Waals surface area (Å²) in [5.41, 5.74) is 6.34. The molecule has 0 spiro atoms. The summed E-state index contributed by atoms with van der Waals surface area (Å²) in [6, 6.07) is 24.8. The highest BCUT2D eigenvalue weighted by Crippen LogP contribution is 2.29. The largest absolute Gasteiger partial charge is 0.453 e. The number of rotatable bonds is 7. The van der Waals surface area contributed by atoms with E-state index >= 15 is 0 Å². The minimum absolute atomic E-state index is 0.233. The van der Waals surface area contributed by atoms with Gasteiger partial charge in [-0.15, -0.1) is 0 Å². The summed E-state index contributed by atoms with van der Waals surface area (Å²) in [6.07, 6.45) is 5.59. The summed E-state index contributed by atoms with van der Waals surface area (Å²) in [6.45, 7) is 0. The molecule has 0 aliphatic rings. The van der Waals surface area contributed by atoms with Crippen LogP contribution in [-0.4, -0.2) is 23.0 Å². The monoisotopic (exact) mass is 552 g/mol. The van der Waals surface area contributed by atoms with Gasteiger partial charge in [0.05, 0.1) is 24.9 Å². The predicted octanol–water partition coefficient (Wildman–Crippen LogP) is 6.71. The molecule has 1 unspecified atom stereocenters. The van der Waals surface area contributed by atoms with E-state index in [1.165, 1.54) is 19.2 Å². The SMILES string of the molecule is COC(=O)Nc1ccc(-c2cnn(C(Cc3ccc(F)cc3)c3ccc(-c4cc(Cl)ccc4C#N)c[nH+]3)c2)cc1. The molecule has 5 aromatic rings. The molecule has 0 saturated heterocycles. The molecule has 40 heavy (non-hydrogen) atoms. The van der Waals surface area contributed by atoms with Gasteiger partial charge in [0, 0.05) is 46.1 Å². The number of nitrogens with one attached hydrogen (secondary N) is 2. The molecule has 9 heteroatoms. The van der Waals surface area contributed by atoms with Crippen LogP contribution in [0.3, 0.4) is 0 Å². The number of H-pyrrole nitrogens is 1. The number of nitrogens with zero attached hydrogens (tertiary/aromatic N) is 3. The Morgan fingerprint density at radius 3 is 2.50 bits per heavy atom. The average Bonchev–Trinajstić information content (AvgIpc) is 3.47. The number of anilines is 1. The van der Waals surface area contributed by atoms with Crippen LogP contribution in [0.25, 0.3) is 22.3 Å². The molecule has 0 fully saturated rings. The Morgan fingerprint density at radius 2 is 1.82 bits per heavy atom. The summed E-state index contributed by atoms with van der Waals surface area (Å²) >= 11 is 6.20. The first-order valence-corrected chi connectivity index (χ1v) is 12.8. The van der Waals surface area contributed by atoms with Gasteiger partial charge >= 0.3 is 6.09 Å². The van der Waals surface area contributed by atoms with E-state index in [0.717, 1.165) is 33.5 Å². The maximum Gasteiger partial charge on any atom is 0.411 e. The first-order valence-electron chi connectivity index (χ1n) is 12.4. The van der Waals surface area contributed by atoms with Crippen molar-refractivity contribution in [1.29, 1.82) is 5.26 Å². The van der Waals surface area contributed by atoms with E-state index in [-0.39, 0.29) is 11.9 Å². The molecular formula is C31H24ClFN5O2+. The van der Waals surface area contributed by atoms with Crippen molar-refractivity contribution in [2.75, 3.05) is 12.4 Å². The number of hydrogen-bond acceptors (Lipinski definition) is 4. The van der Waals surface area contributed by atoms with Crippen LogP contribution in [-0.2, 0) is 11.2 Å². The van der Waals surface area contributed by atoms with E-state index in [9.17, 15) is 14.4 Å². The second-order valence-electron chi connectivity index (χ2n) is 9.08.